The summed E-state index contributed by atoms with van der Waals surface area (Å²) in [7, 11) is 0. The minimum absolute atomic E-state index is 0.126. The molecule has 0 amide bonds. The molecule has 6 heteroatoms. The Kier molecular flexibility index (Phi) is 3.87. The van der Waals surface area contributed by atoms with E-state index in [0.717, 1.165) is 5.56 Å². The Morgan fingerprint density at radius 1 is 1.37 bits per heavy atom. The fourth-order valence-corrected chi connectivity index (χ4v) is 1.68. The van der Waals surface area contributed by atoms with Crippen LogP contribution in [-0.2, 0) is 0 Å². The van der Waals surface area contributed by atoms with E-state index < -0.39 is 0 Å². The van der Waals surface area contributed by atoms with E-state index in [-0.39, 0.29) is 11.5 Å². The van der Waals surface area contributed by atoms with Crippen molar-refractivity contribution in [1.82, 2.24) is 4.98 Å². The maximum absolute atomic E-state index is 8.72. The predicted molar refractivity (Wildman–Crippen MR) is 73.0 cm³/mol. The average molecular weight is 278 g/mol. The Labute approximate surface area is 115 Å². The van der Waals surface area contributed by atoms with Gasteiger partial charge in [-0.1, -0.05) is 22.8 Å². The highest BCUT2D eigenvalue weighted by Gasteiger charge is 2.12. The van der Waals surface area contributed by atoms with Crippen LogP contribution in [0, 0.1) is 6.92 Å². The molecule has 0 aliphatic rings. The number of nitrogens with zero attached hydrogens (tertiary/aromatic N) is 2. The van der Waals surface area contributed by atoms with Gasteiger partial charge in [-0.25, -0.2) is 4.98 Å². The maximum Gasteiger partial charge on any atom is 0.192 e. The Morgan fingerprint density at radius 2 is 2.16 bits per heavy atom. The molecule has 2 aromatic rings. The van der Waals surface area contributed by atoms with Gasteiger partial charge >= 0.3 is 0 Å². The van der Waals surface area contributed by atoms with E-state index in [1.807, 2.05) is 13.0 Å². The average Bonchev–Trinajstić information content (AvgIpc) is 2.42. The van der Waals surface area contributed by atoms with Crippen LogP contribution < -0.4 is 10.5 Å². The Bertz CT molecular complexity index is 629. The number of pyridine rings is 1. The first-order valence-corrected chi connectivity index (χ1v) is 5.86. The Hall–Kier alpha value is -2.27. The van der Waals surface area contributed by atoms with Gasteiger partial charge in [0.1, 0.15) is 5.75 Å². The van der Waals surface area contributed by atoms with Gasteiger partial charge in [0, 0.05) is 6.20 Å². The van der Waals surface area contributed by atoms with Crippen molar-refractivity contribution < 1.29 is 9.94 Å². The molecule has 0 aliphatic carbocycles. The molecule has 0 radical (unpaired) electrons. The summed E-state index contributed by atoms with van der Waals surface area (Å²) in [5, 5.41) is 12.1. The van der Waals surface area contributed by atoms with Gasteiger partial charge in [0.25, 0.3) is 0 Å². The first-order valence-electron chi connectivity index (χ1n) is 5.48. The number of ether oxygens (including phenoxy) is 1. The third kappa shape index (κ3) is 2.95. The molecule has 0 atom stereocenters. The van der Waals surface area contributed by atoms with Crippen molar-refractivity contribution in [3.63, 3.8) is 0 Å². The van der Waals surface area contributed by atoms with Crippen molar-refractivity contribution >= 4 is 17.4 Å². The molecular weight excluding hydrogens is 266 g/mol. The van der Waals surface area contributed by atoms with Crippen molar-refractivity contribution in [3.05, 3.63) is 52.8 Å². The topological polar surface area (TPSA) is 80.7 Å². The zero-order valence-electron chi connectivity index (χ0n) is 10.2. The fourth-order valence-electron chi connectivity index (χ4n) is 1.52. The van der Waals surface area contributed by atoms with E-state index in [9.17, 15) is 0 Å². The van der Waals surface area contributed by atoms with Crippen LogP contribution >= 0.6 is 11.6 Å². The number of aromatic nitrogens is 1. The minimum atomic E-state index is -0.126. The van der Waals surface area contributed by atoms with Gasteiger partial charge in [0.15, 0.2) is 17.3 Å². The lowest BCUT2D eigenvalue weighted by Crippen LogP contribution is -2.16. The van der Waals surface area contributed by atoms with Gasteiger partial charge in [-0.2, -0.15) is 0 Å². The molecule has 3 N–H and O–H groups in total. The normalized spacial score (nSPS) is 11.4. The highest BCUT2D eigenvalue weighted by Crippen LogP contribution is 2.31. The number of nitrogens with two attached hydrogens (primary N) is 1. The molecule has 2 rings (SSSR count). The summed E-state index contributed by atoms with van der Waals surface area (Å²) in [6.45, 7) is 1.93. The zero-order valence-corrected chi connectivity index (χ0v) is 10.9. The van der Waals surface area contributed by atoms with Crippen molar-refractivity contribution in [2.24, 2.45) is 10.9 Å². The van der Waals surface area contributed by atoms with Crippen molar-refractivity contribution in [2.45, 2.75) is 6.92 Å². The van der Waals surface area contributed by atoms with Gasteiger partial charge in [-0.05, 0) is 36.8 Å². The zero-order chi connectivity index (χ0) is 13.8. The number of rotatable bonds is 3. The van der Waals surface area contributed by atoms with Crippen LogP contribution in [0.2, 0.25) is 5.02 Å². The molecule has 1 aromatic heterocycles. The summed E-state index contributed by atoms with van der Waals surface area (Å²) < 4.78 is 5.68. The summed E-state index contributed by atoms with van der Waals surface area (Å²) in [6, 6.07) is 8.77. The molecule has 0 saturated heterocycles. The molecule has 0 bridgehead atoms. The fraction of sp³-hybridized carbons (Fsp3) is 0.0769. The molecule has 1 heterocycles. The molecule has 0 unspecified atom stereocenters. The van der Waals surface area contributed by atoms with E-state index in [0.29, 0.717) is 16.5 Å². The number of amidine groups is 1. The number of benzene rings is 1. The lowest BCUT2D eigenvalue weighted by molar-refractivity contribution is 0.318. The van der Waals surface area contributed by atoms with Gasteiger partial charge in [-0.15, -0.1) is 0 Å². The number of hydrogen-bond donors (Lipinski definition) is 2. The van der Waals surface area contributed by atoms with E-state index in [2.05, 4.69) is 10.1 Å². The van der Waals surface area contributed by atoms with Crippen LogP contribution in [0.1, 0.15) is 11.3 Å². The second-order valence-corrected chi connectivity index (χ2v) is 4.28. The minimum Gasteiger partial charge on any atom is -0.453 e. The first kappa shape index (κ1) is 13.2. The third-order valence-electron chi connectivity index (χ3n) is 2.43. The largest absolute Gasteiger partial charge is 0.453 e. The number of hydrogen-bond acceptors (Lipinski definition) is 4. The van der Waals surface area contributed by atoms with Gasteiger partial charge in [0.05, 0.1) is 5.02 Å². The monoisotopic (exact) mass is 277 g/mol. The summed E-state index contributed by atoms with van der Waals surface area (Å²) in [5.74, 6) is 0.728. The lowest BCUT2D eigenvalue weighted by atomic mass is 10.2. The second-order valence-electron chi connectivity index (χ2n) is 3.87. The van der Waals surface area contributed by atoms with Crippen LogP contribution in [0.25, 0.3) is 0 Å². The summed E-state index contributed by atoms with van der Waals surface area (Å²) >= 11 is 6.06. The molecule has 5 nitrogen and oxygen atoms in total. The first-order chi connectivity index (χ1) is 9.11. The van der Waals surface area contributed by atoms with E-state index in [1.165, 1.54) is 6.20 Å². The molecule has 0 fully saturated rings. The van der Waals surface area contributed by atoms with E-state index in [4.69, 9.17) is 27.3 Å². The second kappa shape index (κ2) is 5.58. The summed E-state index contributed by atoms with van der Waals surface area (Å²) in [4.78, 5) is 4.01. The van der Waals surface area contributed by atoms with Gasteiger partial charge in [-0.3, -0.25) is 0 Å². The van der Waals surface area contributed by atoms with Crippen LogP contribution in [-0.4, -0.2) is 16.0 Å². The standard InChI is InChI=1S/C13H12ClN3O2/c1-8-4-5-9(14)11(7-8)19-10-3-2-6-16-12(10)13(15)17-18/h2-7,18H,1H3,(H2,15,17). The summed E-state index contributed by atoms with van der Waals surface area (Å²) in [6.07, 6.45) is 1.53. The molecule has 0 spiro atoms. The third-order valence-corrected chi connectivity index (χ3v) is 2.74. The predicted octanol–water partition coefficient (Wildman–Crippen LogP) is 2.93. The molecule has 98 valence electrons. The Morgan fingerprint density at radius 3 is 2.89 bits per heavy atom. The SMILES string of the molecule is Cc1ccc(Cl)c(Oc2cccnc2/C(N)=N/O)c1. The smallest absolute Gasteiger partial charge is 0.192 e. The molecule has 1 aromatic carbocycles. The van der Waals surface area contributed by atoms with E-state index in [1.54, 1.807) is 24.3 Å². The summed E-state index contributed by atoms with van der Waals surface area (Å²) in [5.41, 5.74) is 6.80. The molecule has 0 saturated carbocycles. The molecular formula is C13H12ClN3O2. The van der Waals surface area contributed by atoms with Crippen molar-refractivity contribution in [1.29, 1.82) is 0 Å². The van der Waals surface area contributed by atoms with Crippen LogP contribution in [0.15, 0.2) is 41.7 Å². The van der Waals surface area contributed by atoms with Gasteiger partial charge < -0.3 is 15.7 Å². The van der Waals surface area contributed by atoms with E-state index >= 15 is 0 Å². The lowest BCUT2D eigenvalue weighted by Gasteiger charge is -2.11. The van der Waals surface area contributed by atoms with Crippen LogP contribution in [0.4, 0.5) is 0 Å². The number of aryl methyl sites for hydroxylation is 1. The number of oxime groups is 1. The molecule has 19 heavy (non-hydrogen) atoms. The van der Waals surface area contributed by atoms with Crippen LogP contribution in [0.5, 0.6) is 11.5 Å². The molecule has 0 aliphatic heterocycles. The van der Waals surface area contributed by atoms with Crippen molar-refractivity contribution in [2.75, 3.05) is 0 Å². The van der Waals surface area contributed by atoms with Crippen molar-refractivity contribution in [3.8, 4) is 11.5 Å². The maximum atomic E-state index is 8.72. The quantitative estimate of drug-likeness (QED) is 0.391. The number of halogens is 1. The highest BCUT2D eigenvalue weighted by molar-refractivity contribution is 6.32. The van der Waals surface area contributed by atoms with Crippen LogP contribution in [0.3, 0.4) is 0 Å². The highest BCUT2D eigenvalue weighted by atomic mass is 35.5. The Balaban J connectivity index is 2.41. The van der Waals surface area contributed by atoms with Gasteiger partial charge in [0.2, 0.25) is 0 Å².